The summed E-state index contributed by atoms with van der Waals surface area (Å²) in [6.07, 6.45) is 5.16. The molecule has 1 aliphatic rings. The van der Waals surface area contributed by atoms with Gasteiger partial charge in [0.25, 0.3) is 11.8 Å². The first-order valence-corrected chi connectivity index (χ1v) is 7.69. The van der Waals surface area contributed by atoms with Crippen LogP contribution in [0.1, 0.15) is 21.5 Å². The zero-order valence-electron chi connectivity index (χ0n) is 13.3. The lowest BCUT2D eigenvalue weighted by atomic mass is 9.93. The van der Waals surface area contributed by atoms with Crippen molar-refractivity contribution in [3.05, 3.63) is 83.4 Å². The van der Waals surface area contributed by atoms with Crippen molar-refractivity contribution in [2.24, 2.45) is 0 Å². The van der Waals surface area contributed by atoms with Crippen LogP contribution in [0.2, 0.25) is 0 Å². The Bertz CT molecular complexity index is 897. The molecule has 5 heteroatoms. The van der Waals surface area contributed by atoms with Gasteiger partial charge in [0.05, 0.1) is 0 Å². The lowest BCUT2D eigenvalue weighted by Crippen LogP contribution is -2.44. The van der Waals surface area contributed by atoms with Crippen LogP contribution in [-0.2, 0) is 9.59 Å². The molecule has 1 aliphatic heterocycles. The fourth-order valence-corrected chi connectivity index (χ4v) is 2.66. The van der Waals surface area contributed by atoms with Crippen molar-refractivity contribution < 1.29 is 19.5 Å². The molecule has 2 aromatic rings. The van der Waals surface area contributed by atoms with Crippen molar-refractivity contribution >= 4 is 29.4 Å². The molecule has 0 radical (unpaired) electrons. The zero-order chi connectivity index (χ0) is 17.8. The van der Waals surface area contributed by atoms with Crippen LogP contribution >= 0.6 is 0 Å². The van der Waals surface area contributed by atoms with E-state index in [1.165, 1.54) is 0 Å². The summed E-state index contributed by atoms with van der Waals surface area (Å²) < 4.78 is 0. The molecule has 0 bridgehead atoms. The average Bonchev–Trinajstić information content (AvgIpc) is 2.62. The third-order valence-corrected chi connectivity index (χ3v) is 3.81. The highest BCUT2D eigenvalue weighted by Crippen LogP contribution is 2.28. The van der Waals surface area contributed by atoms with Gasteiger partial charge in [0.15, 0.2) is 0 Å². The Morgan fingerprint density at radius 3 is 2.24 bits per heavy atom. The third kappa shape index (κ3) is 3.40. The molecule has 3 rings (SSSR count). The molecular formula is C20H15NO4. The van der Waals surface area contributed by atoms with Gasteiger partial charge in [0, 0.05) is 11.1 Å². The Labute approximate surface area is 144 Å². The molecule has 0 atom stereocenters. The molecule has 1 heterocycles. The predicted molar refractivity (Wildman–Crippen MR) is 93.6 cm³/mol. The number of carbonyl (C=O) groups excluding carboxylic acids is 2. The van der Waals surface area contributed by atoms with E-state index < -0.39 is 24.3 Å². The van der Waals surface area contributed by atoms with Gasteiger partial charge >= 0.3 is 5.97 Å². The normalized spacial score (nSPS) is 15.7. The van der Waals surface area contributed by atoms with Crippen LogP contribution in [-0.4, -0.2) is 34.3 Å². The molecule has 124 valence electrons. The minimum absolute atomic E-state index is 0.295. The summed E-state index contributed by atoms with van der Waals surface area (Å²) in [6, 6.07) is 16.3. The van der Waals surface area contributed by atoms with E-state index in [1.54, 1.807) is 36.4 Å². The highest BCUT2D eigenvalue weighted by Gasteiger charge is 2.35. The minimum Gasteiger partial charge on any atom is -0.480 e. The van der Waals surface area contributed by atoms with E-state index in [1.807, 2.05) is 36.4 Å². The van der Waals surface area contributed by atoms with Gasteiger partial charge in [0.1, 0.15) is 6.54 Å². The predicted octanol–water partition coefficient (Wildman–Crippen LogP) is 2.85. The summed E-state index contributed by atoms with van der Waals surface area (Å²) in [5.41, 5.74) is 2.09. The van der Waals surface area contributed by atoms with Crippen molar-refractivity contribution in [1.29, 1.82) is 0 Å². The van der Waals surface area contributed by atoms with Crippen LogP contribution in [0.15, 0.2) is 66.7 Å². The Hall–Kier alpha value is -3.47. The van der Waals surface area contributed by atoms with E-state index in [2.05, 4.69) is 0 Å². The average molecular weight is 333 g/mol. The summed E-state index contributed by atoms with van der Waals surface area (Å²) in [6.45, 7) is -0.661. The lowest BCUT2D eigenvalue weighted by Gasteiger charge is -2.27. The molecule has 0 fully saturated rings. The number of fused-ring (bicyclic) bond motifs is 1. The Morgan fingerprint density at radius 2 is 1.56 bits per heavy atom. The summed E-state index contributed by atoms with van der Waals surface area (Å²) in [4.78, 5) is 36.8. The maximum absolute atomic E-state index is 12.6. The van der Waals surface area contributed by atoms with Crippen molar-refractivity contribution in [3.63, 3.8) is 0 Å². The van der Waals surface area contributed by atoms with Crippen molar-refractivity contribution in [1.82, 2.24) is 4.90 Å². The Balaban J connectivity index is 2.01. The van der Waals surface area contributed by atoms with Crippen LogP contribution in [0.4, 0.5) is 0 Å². The molecular weight excluding hydrogens is 318 g/mol. The lowest BCUT2D eigenvalue weighted by molar-refractivity contribution is -0.141. The van der Waals surface area contributed by atoms with Crippen molar-refractivity contribution in [2.45, 2.75) is 0 Å². The summed E-state index contributed by atoms with van der Waals surface area (Å²) in [5.74, 6) is -2.43. The number of hydrogen-bond acceptors (Lipinski definition) is 3. The van der Waals surface area contributed by atoms with Gasteiger partial charge in [-0.2, -0.15) is 0 Å². The van der Waals surface area contributed by atoms with Gasteiger partial charge in [-0.25, -0.2) is 0 Å². The van der Waals surface area contributed by atoms with Gasteiger partial charge in [-0.15, -0.1) is 0 Å². The molecule has 5 nitrogen and oxygen atoms in total. The highest BCUT2D eigenvalue weighted by molar-refractivity contribution is 6.31. The maximum atomic E-state index is 12.6. The number of aliphatic carboxylic acids is 1. The molecule has 1 N–H and O–H groups in total. The number of hydrogen-bond donors (Lipinski definition) is 1. The fourth-order valence-electron chi connectivity index (χ4n) is 2.66. The molecule has 0 unspecified atom stereocenters. The van der Waals surface area contributed by atoms with Crippen LogP contribution in [0.25, 0.3) is 11.6 Å². The standard InChI is InChI=1S/C20H15NO4/c22-18(23)13-21-19(24)16-11-5-4-10-15(16)17(20(21)25)12-6-9-14-7-2-1-3-8-14/h1-12H,13H2,(H,22,23)/b9-6+,17-12-. The summed E-state index contributed by atoms with van der Waals surface area (Å²) in [7, 11) is 0. The van der Waals surface area contributed by atoms with Gasteiger partial charge in [-0.1, -0.05) is 60.7 Å². The van der Waals surface area contributed by atoms with Crippen LogP contribution in [0, 0.1) is 0 Å². The Kier molecular flexibility index (Phi) is 4.57. The third-order valence-electron chi connectivity index (χ3n) is 3.81. The van der Waals surface area contributed by atoms with Gasteiger partial charge in [0.2, 0.25) is 0 Å². The Morgan fingerprint density at radius 1 is 0.920 bits per heavy atom. The number of carboxylic acids is 1. The molecule has 0 aliphatic carbocycles. The minimum atomic E-state index is -1.24. The first-order valence-electron chi connectivity index (χ1n) is 7.69. The number of carbonyl (C=O) groups is 3. The van der Waals surface area contributed by atoms with Crippen molar-refractivity contribution in [3.8, 4) is 0 Å². The van der Waals surface area contributed by atoms with E-state index in [9.17, 15) is 14.4 Å². The largest absolute Gasteiger partial charge is 0.480 e. The number of amides is 2. The quantitative estimate of drug-likeness (QED) is 0.690. The second kappa shape index (κ2) is 6.97. The van der Waals surface area contributed by atoms with Crippen LogP contribution in [0.5, 0.6) is 0 Å². The van der Waals surface area contributed by atoms with E-state index in [0.29, 0.717) is 16.7 Å². The highest BCUT2D eigenvalue weighted by atomic mass is 16.4. The first kappa shape index (κ1) is 16.4. The van der Waals surface area contributed by atoms with E-state index in [4.69, 9.17) is 5.11 Å². The fraction of sp³-hybridized carbons (Fsp3) is 0.0500. The van der Waals surface area contributed by atoms with Gasteiger partial charge < -0.3 is 5.11 Å². The number of imide groups is 1. The van der Waals surface area contributed by atoms with E-state index in [0.717, 1.165) is 10.5 Å². The number of rotatable bonds is 4. The number of nitrogens with zero attached hydrogens (tertiary/aromatic N) is 1. The molecule has 25 heavy (non-hydrogen) atoms. The van der Waals surface area contributed by atoms with Crippen LogP contribution < -0.4 is 0 Å². The van der Waals surface area contributed by atoms with Crippen molar-refractivity contribution in [2.75, 3.05) is 6.54 Å². The van der Waals surface area contributed by atoms with Gasteiger partial charge in [-0.3, -0.25) is 19.3 Å². The second-order valence-electron chi connectivity index (χ2n) is 5.49. The molecule has 2 amide bonds. The maximum Gasteiger partial charge on any atom is 0.323 e. The SMILES string of the molecule is O=C(O)CN1C(=O)/C(=C\C=C\c2ccccc2)c2ccccc2C1=O. The first-order chi connectivity index (χ1) is 12.1. The molecule has 0 saturated carbocycles. The van der Waals surface area contributed by atoms with E-state index in [-0.39, 0.29) is 0 Å². The second-order valence-corrected chi connectivity index (χ2v) is 5.49. The van der Waals surface area contributed by atoms with Crippen LogP contribution in [0.3, 0.4) is 0 Å². The zero-order valence-corrected chi connectivity index (χ0v) is 13.3. The summed E-state index contributed by atoms with van der Waals surface area (Å²) >= 11 is 0. The number of allylic oxidation sites excluding steroid dienone is 2. The molecule has 0 saturated heterocycles. The number of carboxylic acid groups (broad SMARTS) is 1. The molecule has 2 aromatic carbocycles. The number of benzene rings is 2. The topological polar surface area (TPSA) is 74.7 Å². The van der Waals surface area contributed by atoms with Gasteiger partial charge in [-0.05, 0) is 23.3 Å². The smallest absolute Gasteiger partial charge is 0.323 e. The molecule has 0 spiro atoms. The molecule has 0 aromatic heterocycles. The summed E-state index contributed by atoms with van der Waals surface area (Å²) in [5, 5.41) is 8.98. The monoisotopic (exact) mass is 333 g/mol. The van der Waals surface area contributed by atoms with E-state index >= 15 is 0 Å².